The second kappa shape index (κ2) is 4.14. The summed E-state index contributed by atoms with van der Waals surface area (Å²) >= 11 is 1.43. The van der Waals surface area contributed by atoms with E-state index in [0.29, 0.717) is 6.07 Å². The summed E-state index contributed by atoms with van der Waals surface area (Å²) in [6, 6.07) is 0.553. The van der Waals surface area contributed by atoms with E-state index in [1.165, 1.54) is 22.6 Å². The van der Waals surface area contributed by atoms with E-state index >= 15 is 0 Å². The van der Waals surface area contributed by atoms with Crippen LogP contribution >= 0.6 is 22.6 Å². The van der Waals surface area contributed by atoms with Gasteiger partial charge in [-0.1, -0.05) is 0 Å². The van der Waals surface area contributed by atoms with Crippen molar-refractivity contribution in [3.8, 4) is 5.75 Å². The van der Waals surface area contributed by atoms with Gasteiger partial charge in [-0.15, -0.1) is 0 Å². The highest BCUT2D eigenvalue weighted by molar-refractivity contribution is 14.1. The second-order valence-electron chi connectivity index (χ2n) is 2.53. The number of aromatic hydroxyl groups is 1. The summed E-state index contributed by atoms with van der Waals surface area (Å²) in [5.41, 5.74) is -0.807. The zero-order chi connectivity index (χ0) is 11.8. The van der Waals surface area contributed by atoms with Crippen LogP contribution in [0.25, 0.3) is 0 Å². The molecule has 0 radical (unpaired) electrons. The number of nitrogens with two attached hydrogens (primary N) is 1. The molecule has 0 spiro atoms. The number of hydrogen-bond donors (Lipinski definition) is 2. The molecule has 5 nitrogen and oxygen atoms in total. The Morgan fingerprint density at radius 3 is 2.47 bits per heavy atom. The molecule has 15 heavy (non-hydrogen) atoms. The van der Waals surface area contributed by atoms with E-state index in [2.05, 4.69) is 4.98 Å². The number of hydrogen-bond acceptors (Lipinski definition) is 4. The highest BCUT2D eigenvalue weighted by Gasteiger charge is 2.21. The lowest BCUT2D eigenvalue weighted by molar-refractivity contribution is 0.146. The largest absolute Gasteiger partial charge is 0.505 e. The second-order valence-corrected chi connectivity index (χ2v) is 5.06. The maximum Gasteiger partial charge on any atom is 0.267 e. The zero-order valence-electron chi connectivity index (χ0n) is 6.99. The molecule has 0 unspecified atom stereocenters. The van der Waals surface area contributed by atoms with Gasteiger partial charge >= 0.3 is 0 Å². The van der Waals surface area contributed by atoms with Crippen molar-refractivity contribution in [3.63, 3.8) is 0 Å². The van der Waals surface area contributed by atoms with E-state index in [1.807, 2.05) is 0 Å². The topological polar surface area (TPSA) is 93.3 Å². The summed E-state index contributed by atoms with van der Waals surface area (Å²) in [5, 5.41) is 13.2. The number of halogens is 3. The van der Waals surface area contributed by atoms with Crippen LogP contribution in [0.1, 0.15) is 12.0 Å². The Hall–Kier alpha value is -0.550. The summed E-state index contributed by atoms with van der Waals surface area (Å²) in [5.74, 6) is -0.738. The van der Waals surface area contributed by atoms with E-state index in [9.17, 15) is 22.3 Å². The Bertz CT molecular complexity index is 491. The average molecular weight is 350 g/mol. The van der Waals surface area contributed by atoms with Gasteiger partial charge in [-0.3, -0.25) is 0 Å². The van der Waals surface area contributed by atoms with E-state index in [1.54, 1.807) is 0 Å². The fourth-order valence-corrected chi connectivity index (χ4v) is 2.06. The molecule has 0 aliphatic carbocycles. The van der Waals surface area contributed by atoms with Crippen molar-refractivity contribution >= 4 is 32.6 Å². The number of sulfonamides is 1. The number of rotatable bonds is 2. The predicted octanol–water partition coefficient (Wildman–Crippen LogP) is 0.977. The van der Waals surface area contributed by atoms with Crippen molar-refractivity contribution in [2.75, 3.05) is 0 Å². The van der Waals surface area contributed by atoms with Gasteiger partial charge in [0.15, 0.2) is 10.8 Å². The molecule has 1 heterocycles. The Labute approximate surface area is 97.5 Å². The molecule has 3 N–H and O–H groups in total. The van der Waals surface area contributed by atoms with Crippen molar-refractivity contribution in [2.45, 2.75) is 11.5 Å². The molecule has 0 fully saturated rings. The first-order valence-electron chi connectivity index (χ1n) is 3.44. The van der Waals surface area contributed by atoms with Crippen LogP contribution in [0.15, 0.2) is 11.1 Å². The Balaban J connectivity index is 3.50. The molecule has 1 rings (SSSR count). The number of pyridine rings is 1. The fourth-order valence-electron chi connectivity index (χ4n) is 0.815. The number of primary sulfonamides is 1. The number of alkyl halides is 2. The molecular formula is C6H5F2IN2O3S. The van der Waals surface area contributed by atoms with Gasteiger partial charge in [0.25, 0.3) is 16.4 Å². The summed E-state index contributed by atoms with van der Waals surface area (Å²) in [6.07, 6.45) is -3.00. The maximum absolute atomic E-state index is 12.3. The molecular weight excluding hydrogens is 345 g/mol. The van der Waals surface area contributed by atoms with Gasteiger partial charge in [0.2, 0.25) is 0 Å². The quantitative estimate of drug-likeness (QED) is 0.614. The summed E-state index contributed by atoms with van der Waals surface area (Å²) in [6.45, 7) is 0. The van der Waals surface area contributed by atoms with Gasteiger partial charge in [0, 0.05) is 0 Å². The average Bonchev–Trinajstić information content (AvgIpc) is 2.06. The minimum absolute atomic E-state index is 0.241. The molecule has 0 atom stereocenters. The number of nitrogens with zero attached hydrogens (tertiary/aromatic N) is 1. The third-order valence-corrected chi connectivity index (χ3v) is 3.03. The molecule has 0 aliphatic heterocycles. The first kappa shape index (κ1) is 12.5. The molecule has 0 bridgehead atoms. The number of aromatic nitrogens is 1. The molecule has 9 heteroatoms. The Morgan fingerprint density at radius 2 is 2.07 bits per heavy atom. The van der Waals surface area contributed by atoms with Crippen LogP contribution in [0.3, 0.4) is 0 Å². The highest BCUT2D eigenvalue weighted by atomic mass is 127. The van der Waals surface area contributed by atoms with Crippen molar-refractivity contribution in [1.29, 1.82) is 0 Å². The van der Waals surface area contributed by atoms with Gasteiger partial charge in [0.1, 0.15) is 3.70 Å². The van der Waals surface area contributed by atoms with Crippen LogP contribution < -0.4 is 5.14 Å². The summed E-state index contributed by atoms with van der Waals surface area (Å²) in [4.78, 5) is 3.38. The van der Waals surface area contributed by atoms with Crippen LogP contribution in [0.4, 0.5) is 8.78 Å². The molecule has 1 aromatic rings. The maximum atomic E-state index is 12.3. The van der Waals surface area contributed by atoms with E-state index in [-0.39, 0.29) is 3.70 Å². The van der Waals surface area contributed by atoms with Crippen molar-refractivity contribution in [3.05, 3.63) is 15.3 Å². The minimum atomic E-state index is -4.16. The van der Waals surface area contributed by atoms with E-state index in [0.717, 1.165) is 0 Å². The van der Waals surface area contributed by atoms with Crippen molar-refractivity contribution in [2.24, 2.45) is 5.14 Å². The third kappa shape index (κ3) is 2.72. The first-order chi connectivity index (χ1) is 6.73. The molecule has 0 amide bonds. The summed E-state index contributed by atoms with van der Waals surface area (Å²) in [7, 11) is -4.16. The van der Waals surface area contributed by atoms with Gasteiger partial charge in [-0.05, 0) is 28.7 Å². The standard InChI is InChI=1S/C6H5F2IN2O3S/c7-5(8)2-1-3(15(10,13)14)11-6(9)4(2)12/h1,5,12H,(H2,10,13,14). The van der Waals surface area contributed by atoms with Gasteiger partial charge in [0.05, 0.1) is 5.56 Å². The predicted molar refractivity (Wildman–Crippen MR) is 54.9 cm³/mol. The van der Waals surface area contributed by atoms with E-state index in [4.69, 9.17) is 5.14 Å². The van der Waals surface area contributed by atoms with Crippen LogP contribution in [0.2, 0.25) is 0 Å². The SMILES string of the molecule is NS(=O)(=O)c1cc(C(F)F)c(O)c(I)n1. The first-order valence-corrected chi connectivity index (χ1v) is 6.06. The smallest absolute Gasteiger partial charge is 0.267 e. The van der Waals surface area contributed by atoms with E-state index < -0.39 is 32.8 Å². The normalized spacial score (nSPS) is 12.1. The highest BCUT2D eigenvalue weighted by Crippen LogP contribution is 2.32. The Morgan fingerprint density at radius 1 is 1.53 bits per heavy atom. The molecule has 0 aliphatic rings. The lowest BCUT2D eigenvalue weighted by Gasteiger charge is -2.06. The van der Waals surface area contributed by atoms with Crippen LogP contribution in [-0.4, -0.2) is 18.5 Å². The Kier molecular flexibility index (Phi) is 3.45. The van der Waals surface area contributed by atoms with Crippen LogP contribution in [0, 0.1) is 3.70 Å². The monoisotopic (exact) mass is 350 g/mol. The van der Waals surface area contributed by atoms with Crippen LogP contribution in [-0.2, 0) is 10.0 Å². The fraction of sp³-hybridized carbons (Fsp3) is 0.167. The molecule has 0 aromatic carbocycles. The zero-order valence-corrected chi connectivity index (χ0v) is 9.96. The van der Waals surface area contributed by atoms with Gasteiger partial charge in [-0.2, -0.15) is 0 Å². The molecule has 1 aromatic heterocycles. The lowest BCUT2D eigenvalue weighted by atomic mass is 10.2. The molecule has 84 valence electrons. The lowest BCUT2D eigenvalue weighted by Crippen LogP contribution is -2.15. The molecule has 0 saturated carbocycles. The third-order valence-electron chi connectivity index (χ3n) is 1.48. The van der Waals surface area contributed by atoms with Crippen LogP contribution in [0.5, 0.6) is 5.75 Å². The van der Waals surface area contributed by atoms with Crippen molar-refractivity contribution < 1.29 is 22.3 Å². The van der Waals surface area contributed by atoms with Gasteiger partial charge < -0.3 is 5.11 Å². The van der Waals surface area contributed by atoms with Gasteiger partial charge in [-0.25, -0.2) is 27.3 Å². The minimum Gasteiger partial charge on any atom is -0.505 e. The van der Waals surface area contributed by atoms with Crippen molar-refractivity contribution in [1.82, 2.24) is 4.98 Å². The molecule has 0 saturated heterocycles. The summed E-state index contributed by atoms with van der Waals surface area (Å²) < 4.78 is 46.2.